The van der Waals surface area contributed by atoms with Crippen molar-refractivity contribution in [3.05, 3.63) is 35.9 Å². The maximum absolute atomic E-state index is 12.7. The summed E-state index contributed by atoms with van der Waals surface area (Å²) in [7, 11) is 0. The SMILES string of the molecule is C=CCSc1c(C(F)(F)F)ccc(C(=O)O)c1N. The van der Waals surface area contributed by atoms with E-state index in [1.807, 2.05) is 0 Å². The van der Waals surface area contributed by atoms with Crippen LogP contribution in [0.25, 0.3) is 0 Å². The molecule has 0 spiro atoms. The number of rotatable bonds is 4. The summed E-state index contributed by atoms with van der Waals surface area (Å²) in [6, 6.07) is 1.59. The molecule has 0 amide bonds. The average Bonchev–Trinajstić information content (AvgIpc) is 2.25. The number of benzene rings is 1. The van der Waals surface area contributed by atoms with E-state index in [-0.39, 0.29) is 21.9 Å². The summed E-state index contributed by atoms with van der Waals surface area (Å²) in [4.78, 5) is 10.5. The summed E-state index contributed by atoms with van der Waals surface area (Å²) in [5.41, 5.74) is 3.84. The highest BCUT2D eigenvalue weighted by Gasteiger charge is 2.35. The van der Waals surface area contributed by atoms with Gasteiger partial charge < -0.3 is 10.8 Å². The van der Waals surface area contributed by atoms with E-state index in [1.54, 1.807) is 0 Å². The standard InChI is InChI=1S/C11H10F3NO2S/c1-2-5-18-9-7(11(12,13)14)4-3-6(8(9)15)10(16)17/h2-4H,1,5,15H2,(H,16,17). The molecule has 0 atom stereocenters. The summed E-state index contributed by atoms with van der Waals surface area (Å²) in [5, 5.41) is 8.82. The number of carbonyl (C=O) groups is 1. The second-order valence-corrected chi connectivity index (χ2v) is 4.34. The van der Waals surface area contributed by atoms with Crippen LogP contribution in [0.2, 0.25) is 0 Å². The molecule has 0 aromatic heterocycles. The van der Waals surface area contributed by atoms with Crippen molar-refractivity contribution in [1.82, 2.24) is 0 Å². The van der Waals surface area contributed by atoms with Crippen LogP contribution in [0.4, 0.5) is 18.9 Å². The molecule has 18 heavy (non-hydrogen) atoms. The van der Waals surface area contributed by atoms with Gasteiger partial charge >= 0.3 is 12.1 Å². The first-order chi connectivity index (χ1) is 8.29. The fourth-order valence-corrected chi connectivity index (χ4v) is 2.20. The third-order valence-electron chi connectivity index (χ3n) is 2.08. The molecule has 3 nitrogen and oxygen atoms in total. The monoisotopic (exact) mass is 277 g/mol. The number of aromatic carboxylic acids is 1. The Balaban J connectivity index is 3.41. The van der Waals surface area contributed by atoms with Gasteiger partial charge in [0.15, 0.2) is 0 Å². The van der Waals surface area contributed by atoms with Crippen molar-refractivity contribution in [2.24, 2.45) is 0 Å². The van der Waals surface area contributed by atoms with Crippen LogP contribution in [-0.4, -0.2) is 16.8 Å². The van der Waals surface area contributed by atoms with Gasteiger partial charge in [-0.05, 0) is 12.1 Å². The summed E-state index contributed by atoms with van der Waals surface area (Å²) < 4.78 is 38.2. The van der Waals surface area contributed by atoms with Crippen LogP contribution in [0.15, 0.2) is 29.7 Å². The number of carboxylic acid groups (broad SMARTS) is 1. The highest BCUT2D eigenvalue weighted by Crippen LogP contribution is 2.41. The van der Waals surface area contributed by atoms with Crippen LogP contribution in [0.5, 0.6) is 0 Å². The molecule has 0 heterocycles. The first-order valence-corrected chi connectivity index (χ1v) is 5.74. The minimum Gasteiger partial charge on any atom is -0.478 e. The van der Waals surface area contributed by atoms with E-state index in [0.29, 0.717) is 0 Å². The van der Waals surface area contributed by atoms with E-state index in [2.05, 4.69) is 6.58 Å². The maximum atomic E-state index is 12.7. The fourth-order valence-electron chi connectivity index (χ4n) is 1.31. The molecule has 0 fully saturated rings. The van der Waals surface area contributed by atoms with E-state index in [4.69, 9.17) is 10.8 Å². The van der Waals surface area contributed by atoms with Gasteiger partial charge in [0.1, 0.15) is 0 Å². The van der Waals surface area contributed by atoms with E-state index >= 15 is 0 Å². The Morgan fingerprint density at radius 2 is 2.11 bits per heavy atom. The molecule has 0 aliphatic carbocycles. The Labute approximate surface area is 105 Å². The molecular formula is C11H10F3NO2S. The normalized spacial score (nSPS) is 11.3. The maximum Gasteiger partial charge on any atom is 0.417 e. The Kier molecular flexibility index (Phi) is 4.28. The molecule has 3 N–H and O–H groups in total. The molecule has 0 aliphatic rings. The number of hydrogen-bond donors (Lipinski definition) is 2. The van der Waals surface area contributed by atoms with Crippen LogP contribution >= 0.6 is 11.8 Å². The van der Waals surface area contributed by atoms with Gasteiger partial charge in [0.05, 0.1) is 16.8 Å². The van der Waals surface area contributed by atoms with Crippen molar-refractivity contribution in [2.45, 2.75) is 11.1 Å². The minimum atomic E-state index is -4.57. The predicted molar refractivity (Wildman–Crippen MR) is 63.7 cm³/mol. The number of halogens is 3. The number of anilines is 1. The van der Waals surface area contributed by atoms with E-state index in [1.165, 1.54) is 6.08 Å². The molecule has 0 radical (unpaired) electrons. The highest BCUT2D eigenvalue weighted by atomic mass is 32.2. The molecule has 0 aliphatic heterocycles. The molecular weight excluding hydrogens is 267 g/mol. The Morgan fingerprint density at radius 3 is 2.56 bits per heavy atom. The molecule has 1 aromatic rings. The van der Waals surface area contributed by atoms with Gasteiger partial charge in [-0.2, -0.15) is 13.2 Å². The highest BCUT2D eigenvalue weighted by molar-refractivity contribution is 7.99. The zero-order valence-electron chi connectivity index (χ0n) is 9.12. The minimum absolute atomic E-state index is 0.205. The summed E-state index contributed by atoms with van der Waals surface area (Å²) in [5.74, 6) is -1.15. The van der Waals surface area contributed by atoms with E-state index in [9.17, 15) is 18.0 Å². The largest absolute Gasteiger partial charge is 0.478 e. The number of thioether (sulfide) groups is 1. The fraction of sp³-hybridized carbons (Fsp3) is 0.182. The second-order valence-electron chi connectivity index (χ2n) is 3.31. The van der Waals surface area contributed by atoms with Crippen LogP contribution in [0, 0.1) is 0 Å². The predicted octanol–water partition coefficient (Wildman–Crippen LogP) is 3.26. The van der Waals surface area contributed by atoms with Crippen molar-refractivity contribution >= 4 is 23.4 Å². The lowest BCUT2D eigenvalue weighted by molar-refractivity contribution is -0.139. The van der Waals surface area contributed by atoms with Gasteiger partial charge in [0.2, 0.25) is 0 Å². The molecule has 1 rings (SSSR count). The van der Waals surface area contributed by atoms with Gasteiger partial charge in [0.25, 0.3) is 0 Å². The first-order valence-electron chi connectivity index (χ1n) is 4.75. The van der Waals surface area contributed by atoms with E-state index in [0.717, 1.165) is 23.9 Å². The zero-order valence-corrected chi connectivity index (χ0v) is 9.94. The van der Waals surface area contributed by atoms with Crippen molar-refractivity contribution in [1.29, 1.82) is 0 Å². The average molecular weight is 277 g/mol. The molecule has 1 aromatic carbocycles. The first kappa shape index (κ1) is 14.4. The third-order valence-corrected chi connectivity index (χ3v) is 3.21. The van der Waals surface area contributed by atoms with Gasteiger partial charge in [-0.15, -0.1) is 18.3 Å². The molecule has 0 unspecified atom stereocenters. The van der Waals surface area contributed by atoms with Crippen LogP contribution in [0.3, 0.4) is 0 Å². The second kappa shape index (κ2) is 5.34. The number of nitrogens with two attached hydrogens (primary N) is 1. The van der Waals surface area contributed by atoms with Gasteiger partial charge in [0, 0.05) is 10.6 Å². The molecule has 98 valence electrons. The lowest BCUT2D eigenvalue weighted by Gasteiger charge is -2.15. The number of alkyl halides is 3. The van der Waals surface area contributed by atoms with Crippen molar-refractivity contribution in [3.8, 4) is 0 Å². The summed E-state index contributed by atoms with van der Waals surface area (Å²) >= 11 is 0.806. The lowest BCUT2D eigenvalue weighted by atomic mass is 10.1. The molecule has 0 bridgehead atoms. The van der Waals surface area contributed by atoms with E-state index < -0.39 is 17.7 Å². The molecule has 0 saturated carbocycles. The quantitative estimate of drug-likeness (QED) is 0.503. The van der Waals surface area contributed by atoms with Crippen molar-refractivity contribution in [3.63, 3.8) is 0 Å². The number of carboxylic acids is 1. The van der Waals surface area contributed by atoms with Gasteiger partial charge in [-0.25, -0.2) is 4.79 Å². The zero-order chi connectivity index (χ0) is 13.9. The Hall–Kier alpha value is -1.63. The van der Waals surface area contributed by atoms with Crippen LogP contribution in [0.1, 0.15) is 15.9 Å². The van der Waals surface area contributed by atoms with Crippen molar-refractivity contribution in [2.75, 3.05) is 11.5 Å². The summed E-state index contributed by atoms with van der Waals surface area (Å²) in [6.45, 7) is 3.40. The lowest BCUT2D eigenvalue weighted by Crippen LogP contribution is -2.12. The molecule has 7 heteroatoms. The Morgan fingerprint density at radius 1 is 1.50 bits per heavy atom. The van der Waals surface area contributed by atoms with Crippen molar-refractivity contribution < 1.29 is 23.1 Å². The van der Waals surface area contributed by atoms with Crippen LogP contribution < -0.4 is 5.73 Å². The van der Waals surface area contributed by atoms with Gasteiger partial charge in [-0.3, -0.25) is 0 Å². The summed E-state index contributed by atoms with van der Waals surface area (Å²) in [6.07, 6.45) is -3.16. The number of hydrogen-bond acceptors (Lipinski definition) is 3. The third kappa shape index (κ3) is 2.98. The van der Waals surface area contributed by atoms with Gasteiger partial charge in [-0.1, -0.05) is 6.08 Å². The Bertz CT molecular complexity index is 486. The number of nitrogen functional groups attached to an aromatic ring is 1. The van der Waals surface area contributed by atoms with Crippen LogP contribution in [-0.2, 0) is 6.18 Å². The topological polar surface area (TPSA) is 63.3 Å². The smallest absolute Gasteiger partial charge is 0.417 e. The molecule has 0 saturated heterocycles.